The molecule has 0 spiro atoms. The summed E-state index contributed by atoms with van der Waals surface area (Å²) in [5, 5.41) is 0. The van der Waals surface area contributed by atoms with E-state index < -0.39 is 0 Å². The van der Waals surface area contributed by atoms with Crippen molar-refractivity contribution in [2.75, 3.05) is 20.7 Å². The number of methoxy groups -OCH3 is 1. The molecule has 1 unspecified atom stereocenters. The van der Waals surface area contributed by atoms with E-state index in [2.05, 4.69) is 70.3 Å². The molecule has 3 heteroatoms. The second kappa shape index (κ2) is 6.20. The zero-order valence-electron chi connectivity index (χ0n) is 12.5. The Kier molecular flexibility index (Phi) is 4.32. The van der Waals surface area contributed by atoms with Crippen molar-refractivity contribution >= 4 is 15.9 Å². The number of ether oxygens (including phenoxy) is 1. The highest BCUT2D eigenvalue weighted by Gasteiger charge is 2.22. The summed E-state index contributed by atoms with van der Waals surface area (Å²) >= 11 is 3.52. The third-order valence-corrected chi connectivity index (χ3v) is 4.77. The second-order valence-corrected chi connectivity index (χ2v) is 6.61. The Morgan fingerprint density at radius 3 is 2.62 bits per heavy atom. The molecule has 2 aromatic rings. The first-order chi connectivity index (χ1) is 10.2. The predicted octanol–water partition coefficient (Wildman–Crippen LogP) is 4.43. The standard InChI is InChI=1S/C18H20BrNO/c1-20-10-9-18(13-3-5-15(19)6-4-13)17-8-7-16(21-2)11-14(17)12-20/h3-8,11,18H,9-10,12H2,1-2H3. The van der Waals surface area contributed by atoms with E-state index in [-0.39, 0.29) is 0 Å². The van der Waals surface area contributed by atoms with E-state index in [0.717, 1.165) is 29.7 Å². The molecule has 0 N–H and O–H groups in total. The van der Waals surface area contributed by atoms with Gasteiger partial charge in [0.1, 0.15) is 5.75 Å². The van der Waals surface area contributed by atoms with Crippen LogP contribution in [-0.2, 0) is 6.54 Å². The van der Waals surface area contributed by atoms with Gasteiger partial charge in [0, 0.05) is 16.9 Å². The molecule has 1 atom stereocenters. The lowest BCUT2D eigenvalue weighted by Gasteiger charge is -2.18. The van der Waals surface area contributed by atoms with Crippen LogP contribution in [0.25, 0.3) is 0 Å². The molecule has 3 rings (SSSR count). The fourth-order valence-electron chi connectivity index (χ4n) is 3.10. The summed E-state index contributed by atoms with van der Waals surface area (Å²) in [6.45, 7) is 2.09. The Balaban J connectivity index is 2.04. The molecular weight excluding hydrogens is 326 g/mol. The van der Waals surface area contributed by atoms with Gasteiger partial charge in [-0.2, -0.15) is 0 Å². The Hall–Kier alpha value is -1.32. The van der Waals surface area contributed by atoms with Crippen LogP contribution in [0.3, 0.4) is 0 Å². The van der Waals surface area contributed by atoms with E-state index in [4.69, 9.17) is 4.74 Å². The fraction of sp³-hybridized carbons (Fsp3) is 0.333. The summed E-state index contributed by atoms with van der Waals surface area (Å²) in [6.07, 6.45) is 1.15. The molecule has 0 aromatic heterocycles. The van der Waals surface area contributed by atoms with E-state index in [0.29, 0.717) is 5.92 Å². The highest BCUT2D eigenvalue weighted by atomic mass is 79.9. The zero-order valence-corrected chi connectivity index (χ0v) is 14.1. The van der Waals surface area contributed by atoms with Gasteiger partial charge in [-0.05, 0) is 61.0 Å². The monoisotopic (exact) mass is 345 g/mol. The van der Waals surface area contributed by atoms with Gasteiger partial charge < -0.3 is 9.64 Å². The van der Waals surface area contributed by atoms with Gasteiger partial charge in [-0.1, -0.05) is 34.1 Å². The molecule has 2 aromatic carbocycles. The van der Waals surface area contributed by atoms with Gasteiger partial charge in [0.15, 0.2) is 0 Å². The van der Waals surface area contributed by atoms with Crippen LogP contribution in [0.2, 0.25) is 0 Å². The van der Waals surface area contributed by atoms with Crippen LogP contribution in [0, 0.1) is 0 Å². The average Bonchev–Trinajstić information content (AvgIpc) is 2.65. The van der Waals surface area contributed by atoms with Crippen LogP contribution in [0.4, 0.5) is 0 Å². The SMILES string of the molecule is COc1ccc2c(c1)CN(C)CCC2c1ccc(Br)cc1. The van der Waals surface area contributed by atoms with Gasteiger partial charge in [0.05, 0.1) is 7.11 Å². The summed E-state index contributed by atoms with van der Waals surface area (Å²) in [4.78, 5) is 2.39. The number of nitrogens with zero attached hydrogens (tertiary/aromatic N) is 1. The molecule has 0 bridgehead atoms. The van der Waals surface area contributed by atoms with Gasteiger partial charge in [-0.15, -0.1) is 0 Å². The molecule has 0 saturated carbocycles. The first-order valence-corrected chi connectivity index (χ1v) is 8.07. The number of fused-ring (bicyclic) bond motifs is 1. The molecule has 1 heterocycles. The number of benzene rings is 2. The van der Waals surface area contributed by atoms with Crippen LogP contribution >= 0.6 is 15.9 Å². The van der Waals surface area contributed by atoms with Crippen molar-refractivity contribution in [1.29, 1.82) is 0 Å². The number of halogens is 1. The van der Waals surface area contributed by atoms with E-state index in [9.17, 15) is 0 Å². The van der Waals surface area contributed by atoms with Crippen molar-refractivity contribution in [3.05, 3.63) is 63.6 Å². The van der Waals surface area contributed by atoms with Crippen molar-refractivity contribution in [3.8, 4) is 5.75 Å². The van der Waals surface area contributed by atoms with Crippen LogP contribution in [-0.4, -0.2) is 25.6 Å². The first kappa shape index (κ1) is 14.6. The maximum atomic E-state index is 5.39. The smallest absolute Gasteiger partial charge is 0.119 e. The largest absolute Gasteiger partial charge is 0.497 e. The Morgan fingerprint density at radius 2 is 1.90 bits per heavy atom. The van der Waals surface area contributed by atoms with Crippen LogP contribution in [0.1, 0.15) is 29.0 Å². The molecule has 110 valence electrons. The molecule has 0 saturated heterocycles. The first-order valence-electron chi connectivity index (χ1n) is 7.28. The highest BCUT2D eigenvalue weighted by molar-refractivity contribution is 9.10. The number of rotatable bonds is 2. The zero-order chi connectivity index (χ0) is 14.8. The van der Waals surface area contributed by atoms with Crippen LogP contribution in [0.5, 0.6) is 5.75 Å². The maximum Gasteiger partial charge on any atom is 0.119 e. The average molecular weight is 346 g/mol. The van der Waals surface area contributed by atoms with Crippen molar-refractivity contribution in [3.63, 3.8) is 0 Å². The summed E-state index contributed by atoms with van der Waals surface area (Å²) in [6, 6.07) is 15.2. The normalized spacial score (nSPS) is 18.9. The Morgan fingerprint density at radius 1 is 1.14 bits per heavy atom. The van der Waals surface area contributed by atoms with Crippen molar-refractivity contribution in [1.82, 2.24) is 4.90 Å². The minimum absolute atomic E-state index is 0.462. The molecule has 21 heavy (non-hydrogen) atoms. The summed E-state index contributed by atoms with van der Waals surface area (Å²) in [5.41, 5.74) is 4.20. The molecule has 2 nitrogen and oxygen atoms in total. The molecular formula is C18H20BrNO. The van der Waals surface area contributed by atoms with Gasteiger partial charge >= 0.3 is 0 Å². The van der Waals surface area contributed by atoms with Crippen LogP contribution < -0.4 is 4.74 Å². The molecule has 0 fully saturated rings. The van der Waals surface area contributed by atoms with Crippen LogP contribution in [0.15, 0.2) is 46.9 Å². The second-order valence-electron chi connectivity index (χ2n) is 5.70. The van der Waals surface area contributed by atoms with E-state index in [1.165, 1.54) is 16.7 Å². The number of hydrogen-bond donors (Lipinski definition) is 0. The molecule has 0 aliphatic carbocycles. The van der Waals surface area contributed by atoms with Gasteiger partial charge in [-0.3, -0.25) is 0 Å². The third-order valence-electron chi connectivity index (χ3n) is 4.24. The lowest BCUT2D eigenvalue weighted by atomic mass is 9.86. The molecule has 0 amide bonds. The van der Waals surface area contributed by atoms with E-state index >= 15 is 0 Å². The van der Waals surface area contributed by atoms with Gasteiger partial charge in [-0.25, -0.2) is 0 Å². The lowest BCUT2D eigenvalue weighted by molar-refractivity contribution is 0.327. The maximum absolute atomic E-state index is 5.39. The summed E-state index contributed by atoms with van der Waals surface area (Å²) < 4.78 is 6.52. The summed E-state index contributed by atoms with van der Waals surface area (Å²) in [5.74, 6) is 1.41. The predicted molar refractivity (Wildman–Crippen MR) is 89.9 cm³/mol. The quantitative estimate of drug-likeness (QED) is 0.798. The highest BCUT2D eigenvalue weighted by Crippen LogP contribution is 2.35. The fourth-order valence-corrected chi connectivity index (χ4v) is 3.37. The van der Waals surface area contributed by atoms with Gasteiger partial charge in [0.2, 0.25) is 0 Å². The topological polar surface area (TPSA) is 12.5 Å². The number of hydrogen-bond acceptors (Lipinski definition) is 2. The van der Waals surface area contributed by atoms with E-state index in [1.807, 2.05) is 0 Å². The summed E-state index contributed by atoms with van der Waals surface area (Å²) in [7, 11) is 3.92. The van der Waals surface area contributed by atoms with Crippen molar-refractivity contribution in [2.24, 2.45) is 0 Å². The Bertz CT molecular complexity index is 624. The van der Waals surface area contributed by atoms with E-state index in [1.54, 1.807) is 7.11 Å². The minimum atomic E-state index is 0.462. The molecule has 1 aliphatic heterocycles. The van der Waals surface area contributed by atoms with Gasteiger partial charge in [0.25, 0.3) is 0 Å². The molecule has 0 radical (unpaired) electrons. The minimum Gasteiger partial charge on any atom is -0.497 e. The van der Waals surface area contributed by atoms with Crippen molar-refractivity contribution in [2.45, 2.75) is 18.9 Å². The Labute approximate surface area is 134 Å². The van der Waals surface area contributed by atoms with Crippen molar-refractivity contribution < 1.29 is 4.74 Å². The third kappa shape index (κ3) is 3.14. The lowest BCUT2D eigenvalue weighted by Crippen LogP contribution is -2.17. The molecule has 1 aliphatic rings.